The van der Waals surface area contributed by atoms with Crippen molar-refractivity contribution in [3.8, 4) is 11.5 Å². The fourth-order valence-corrected chi connectivity index (χ4v) is 2.70. The van der Waals surface area contributed by atoms with Crippen LogP contribution in [0.25, 0.3) is 11.5 Å². The maximum absolute atomic E-state index is 4.65. The lowest BCUT2D eigenvalue weighted by Gasteiger charge is -2.19. The number of fused-ring (bicyclic) bond motifs is 1. The summed E-state index contributed by atoms with van der Waals surface area (Å²) in [6.45, 7) is 4.02. The Balaban J connectivity index is 2.12. The first-order valence-corrected chi connectivity index (χ1v) is 6.80. The molecule has 1 aliphatic heterocycles. The first-order valence-electron chi connectivity index (χ1n) is 5.86. The van der Waals surface area contributed by atoms with Gasteiger partial charge < -0.3 is 5.32 Å². The second kappa shape index (κ2) is 4.50. The van der Waals surface area contributed by atoms with Crippen molar-refractivity contribution in [3.63, 3.8) is 0 Å². The number of thiazole rings is 1. The normalized spacial score (nSPS) is 14.6. The van der Waals surface area contributed by atoms with Gasteiger partial charge in [0.05, 0.1) is 11.2 Å². The molecule has 1 aliphatic rings. The van der Waals surface area contributed by atoms with Crippen LogP contribution in [0, 0.1) is 0 Å². The lowest BCUT2D eigenvalue weighted by Crippen LogP contribution is -2.26. The molecule has 0 amide bonds. The van der Waals surface area contributed by atoms with Crippen LogP contribution in [0.1, 0.15) is 23.9 Å². The minimum Gasteiger partial charge on any atom is -0.311 e. The van der Waals surface area contributed by atoms with Gasteiger partial charge in [-0.05, 0) is 24.9 Å². The molecule has 2 aromatic heterocycles. The lowest BCUT2D eigenvalue weighted by atomic mass is 10.0. The van der Waals surface area contributed by atoms with E-state index >= 15 is 0 Å². The summed E-state index contributed by atoms with van der Waals surface area (Å²) < 4.78 is 0. The van der Waals surface area contributed by atoms with Crippen molar-refractivity contribution < 1.29 is 0 Å². The van der Waals surface area contributed by atoms with Crippen molar-refractivity contribution in [2.75, 3.05) is 6.54 Å². The van der Waals surface area contributed by atoms with Gasteiger partial charge in [0, 0.05) is 17.6 Å². The van der Waals surface area contributed by atoms with E-state index < -0.39 is 0 Å². The molecule has 0 bridgehead atoms. The molecule has 4 nitrogen and oxygen atoms in total. The van der Waals surface area contributed by atoms with Crippen molar-refractivity contribution in [1.29, 1.82) is 0 Å². The first-order chi connectivity index (χ1) is 8.38. The van der Waals surface area contributed by atoms with Gasteiger partial charge in [0.1, 0.15) is 5.69 Å². The van der Waals surface area contributed by atoms with Gasteiger partial charge in [-0.1, -0.05) is 6.92 Å². The molecule has 88 valence electrons. The Morgan fingerprint density at radius 1 is 1.41 bits per heavy atom. The highest BCUT2D eigenvalue weighted by molar-refractivity contribution is 7.07. The Kier molecular flexibility index (Phi) is 2.86. The monoisotopic (exact) mass is 246 g/mol. The molecular weight excluding hydrogens is 232 g/mol. The van der Waals surface area contributed by atoms with Crippen LogP contribution in [-0.4, -0.2) is 21.5 Å². The van der Waals surface area contributed by atoms with E-state index in [0.29, 0.717) is 0 Å². The maximum atomic E-state index is 4.65. The number of rotatable bonds is 2. The summed E-state index contributed by atoms with van der Waals surface area (Å²) in [6.07, 6.45) is 2.00. The topological polar surface area (TPSA) is 50.7 Å². The summed E-state index contributed by atoms with van der Waals surface area (Å²) in [6, 6.07) is 0. The zero-order valence-corrected chi connectivity index (χ0v) is 10.5. The molecule has 0 saturated heterocycles. The minimum absolute atomic E-state index is 0.769. The molecule has 0 unspecified atom stereocenters. The van der Waals surface area contributed by atoms with Gasteiger partial charge >= 0.3 is 0 Å². The van der Waals surface area contributed by atoms with Crippen molar-refractivity contribution in [1.82, 2.24) is 20.3 Å². The molecule has 0 atom stereocenters. The number of aromatic nitrogens is 3. The van der Waals surface area contributed by atoms with Crippen molar-refractivity contribution in [3.05, 3.63) is 27.8 Å². The summed E-state index contributed by atoms with van der Waals surface area (Å²) >= 11 is 1.58. The molecule has 0 fully saturated rings. The van der Waals surface area contributed by atoms with Gasteiger partial charge in [-0.15, -0.1) is 11.3 Å². The van der Waals surface area contributed by atoms with Crippen LogP contribution in [0.4, 0.5) is 0 Å². The SMILES string of the molecule is CCc1nc(-c2cscn2)nc2c1CCNC2. The van der Waals surface area contributed by atoms with Crippen molar-refractivity contribution >= 4 is 11.3 Å². The van der Waals surface area contributed by atoms with Crippen molar-refractivity contribution in [2.24, 2.45) is 0 Å². The van der Waals surface area contributed by atoms with Crippen LogP contribution < -0.4 is 5.32 Å². The van der Waals surface area contributed by atoms with Gasteiger partial charge in [0.15, 0.2) is 5.82 Å². The molecule has 5 heteroatoms. The molecular formula is C12H14N4S. The third-order valence-corrected chi connectivity index (χ3v) is 3.61. The molecule has 2 aromatic rings. The van der Waals surface area contributed by atoms with Crippen LogP contribution in [0.5, 0.6) is 0 Å². The van der Waals surface area contributed by atoms with Crippen LogP contribution in [-0.2, 0) is 19.4 Å². The standard InChI is InChI=1S/C12H14N4S/c1-2-9-8-3-4-13-5-10(8)16-12(15-9)11-6-17-7-14-11/h6-7,13H,2-5H2,1H3. The summed E-state index contributed by atoms with van der Waals surface area (Å²) in [5.74, 6) is 0.769. The van der Waals surface area contributed by atoms with Crippen LogP contribution in [0.3, 0.4) is 0 Å². The number of nitrogens with zero attached hydrogens (tertiary/aromatic N) is 3. The van der Waals surface area contributed by atoms with E-state index in [1.807, 2.05) is 10.9 Å². The second-order valence-corrected chi connectivity index (χ2v) is 4.79. The van der Waals surface area contributed by atoms with E-state index in [0.717, 1.165) is 43.1 Å². The van der Waals surface area contributed by atoms with E-state index in [2.05, 4.69) is 27.2 Å². The van der Waals surface area contributed by atoms with Gasteiger partial charge in [-0.25, -0.2) is 15.0 Å². The first kappa shape index (κ1) is 10.8. The highest BCUT2D eigenvalue weighted by Gasteiger charge is 2.17. The van der Waals surface area contributed by atoms with E-state index in [1.165, 1.54) is 11.3 Å². The zero-order valence-electron chi connectivity index (χ0n) is 9.73. The summed E-state index contributed by atoms with van der Waals surface area (Å²) in [5.41, 5.74) is 6.37. The largest absolute Gasteiger partial charge is 0.311 e. The minimum atomic E-state index is 0.769. The maximum Gasteiger partial charge on any atom is 0.179 e. The second-order valence-electron chi connectivity index (χ2n) is 4.07. The number of nitrogens with one attached hydrogen (secondary N) is 1. The molecule has 17 heavy (non-hydrogen) atoms. The molecule has 0 saturated carbocycles. The Hall–Kier alpha value is -1.33. The molecule has 3 rings (SSSR count). The zero-order chi connectivity index (χ0) is 11.7. The quantitative estimate of drug-likeness (QED) is 0.878. The van der Waals surface area contributed by atoms with Gasteiger partial charge in [-0.3, -0.25) is 0 Å². The van der Waals surface area contributed by atoms with E-state index in [9.17, 15) is 0 Å². The Morgan fingerprint density at radius 2 is 2.35 bits per heavy atom. The molecule has 3 heterocycles. The highest BCUT2D eigenvalue weighted by Crippen LogP contribution is 2.21. The van der Waals surface area contributed by atoms with E-state index in [4.69, 9.17) is 0 Å². The van der Waals surface area contributed by atoms with Gasteiger partial charge in [0.25, 0.3) is 0 Å². The summed E-state index contributed by atoms with van der Waals surface area (Å²) in [4.78, 5) is 13.6. The predicted molar refractivity (Wildman–Crippen MR) is 67.9 cm³/mol. The van der Waals surface area contributed by atoms with E-state index in [1.54, 1.807) is 11.3 Å². The average molecular weight is 246 g/mol. The number of aryl methyl sites for hydroxylation is 1. The lowest BCUT2D eigenvalue weighted by molar-refractivity contribution is 0.617. The Bertz CT molecular complexity index is 504. The van der Waals surface area contributed by atoms with Crippen LogP contribution in [0.15, 0.2) is 10.9 Å². The third-order valence-electron chi connectivity index (χ3n) is 3.02. The molecule has 1 N–H and O–H groups in total. The van der Waals surface area contributed by atoms with Gasteiger partial charge in [0.2, 0.25) is 0 Å². The number of hydrogen-bond donors (Lipinski definition) is 1. The Morgan fingerprint density at radius 3 is 3.12 bits per heavy atom. The average Bonchev–Trinajstić information content (AvgIpc) is 2.91. The molecule has 0 aliphatic carbocycles. The fourth-order valence-electron chi connectivity index (χ4n) is 2.17. The van der Waals surface area contributed by atoms with Crippen LogP contribution in [0.2, 0.25) is 0 Å². The smallest absolute Gasteiger partial charge is 0.179 e. The van der Waals surface area contributed by atoms with Gasteiger partial charge in [-0.2, -0.15) is 0 Å². The molecule has 0 aromatic carbocycles. The predicted octanol–water partition coefficient (Wildman–Crippen LogP) is 1.81. The molecule has 0 radical (unpaired) electrons. The summed E-state index contributed by atoms with van der Waals surface area (Å²) in [5, 5.41) is 5.35. The van der Waals surface area contributed by atoms with Crippen LogP contribution >= 0.6 is 11.3 Å². The van der Waals surface area contributed by atoms with Crippen molar-refractivity contribution in [2.45, 2.75) is 26.3 Å². The number of hydrogen-bond acceptors (Lipinski definition) is 5. The van der Waals surface area contributed by atoms with E-state index in [-0.39, 0.29) is 0 Å². The third kappa shape index (κ3) is 1.96. The molecule has 0 spiro atoms. The fraction of sp³-hybridized carbons (Fsp3) is 0.417. The summed E-state index contributed by atoms with van der Waals surface area (Å²) in [7, 11) is 0. The Labute approximate surface area is 104 Å². The highest BCUT2D eigenvalue weighted by atomic mass is 32.1.